The van der Waals surface area contributed by atoms with Crippen molar-refractivity contribution in [2.45, 2.75) is 57.0 Å². The van der Waals surface area contributed by atoms with Gasteiger partial charge in [0.15, 0.2) is 0 Å². The highest BCUT2D eigenvalue weighted by Gasteiger charge is 2.42. The Bertz CT molecular complexity index is 299. The van der Waals surface area contributed by atoms with Gasteiger partial charge >= 0.3 is 0 Å². The first kappa shape index (κ1) is 11.5. The maximum absolute atomic E-state index is 12.4. The molecular weight excluding hydrogens is 212 g/mol. The Morgan fingerprint density at radius 2 is 1.71 bits per heavy atom. The fourth-order valence-corrected chi connectivity index (χ4v) is 3.92. The van der Waals surface area contributed by atoms with Gasteiger partial charge in [-0.15, -0.1) is 0 Å². The van der Waals surface area contributed by atoms with E-state index in [1.54, 1.807) is 0 Å². The van der Waals surface area contributed by atoms with E-state index in [0.29, 0.717) is 29.8 Å². The molecule has 3 heteroatoms. The number of hydrogen-bond donors (Lipinski definition) is 1. The quantitative estimate of drug-likeness (QED) is 0.794. The van der Waals surface area contributed by atoms with Gasteiger partial charge in [-0.05, 0) is 50.4 Å². The molecule has 1 amide bonds. The molecule has 3 aliphatic carbocycles. The molecule has 0 spiro atoms. The Balaban J connectivity index is 1.66. The van der Waals surface area contributed by atoms with Crippen molar-refractivity contribution in [2.24, 2.45) is 23.5 Å². The number of fused-ring (bicyclic) bond motifs is 2. The van der Waals surface area contributed by atoms with Crippen molar-refractivity contribution in [2.75, 3.05) is 7.05 Å². The summed E-state index contributed by atoms with van der Waals surface area (Å²) in [5, 5.41) is 0. The molecule has 0 aromatic heterocycles. The van der Waals surface area contributed by atoms with Crippen molar-refractivity contribution in [3.05, 3.63) is 0 Å². The van der Waals surface area contributed by atoms with Gasteiger partial charge in [0.25, 0.3) is 0 Å². The van der Waals surface area contributed by atoms with E-state index in [4.69, 9.17) is 5.73 Å². The van der Waals surface area contributed by atoms with Gasteiger partial charge in [-0.25, -0.2) is 0 Å². The van der Waals surface area contributed by atoms with Gasteiger partial charge in [0, 0.05) is 25.0 Å². The second-order valence-corrected chi connectivity index (χ2v) is 6.38. The molecule has 3 fully saturated rings. The summed E-state index contributed by atoms with van der Waals surface area (Å²) in [5.41, 5.74) is 6.27. The maximum atomic E-state index is 12.4. The number of carbonyl (C=O) groups is 1. The Labute approximate surface area is 104 Å². The summed E-state index contributed by atoms with van der Waals surface area (Å²) in [6.07, 6.45) is 8.33. The van der Waals surface area contributed by atoms with Gasteiger partial charge in [0.05, 0.1) is 0 Å². The summed E-state index contributed by atoms with van der Waals surface area (Å²) in [6, 6.07) is 0.928. The first-order chi connectivity index (χ1) is 8.16. The SMILES string of the molecule is CN(C(=O)C1CC2CCCC(C1)C2N)C1CC1. The third kappa shape index (κ3) is 2.10. The molecule has 2 unspecified atom stereocenters. The highest BCUT2D eigenvalue weighted by atomic mass is 16.2. The van der Waals surface area contributed by atoms with E-state index < -0.39 is 0 Å². The first-order valence-corrected chi connectivity index (χ1v) is 7.19. The molecule has 0 radical (unpaired) electrons. The predicted molar refractivity (Wildman–Crippen MR) is 67.3 cm³/mol. The monoisotopic (exact) mass is 236 g/mol. The standard InChI is InChI=1S/C14H24N2O/c1-16(12-5-6-12)14(17)11-7-9-3-2-4-10(8-11)13(9)15/h9-13H,2-8,15H2,1H3. The first-order valence-electron chi connectivity index (χ1n) is 7.19. The summed E-state index contributed by atoms with van der Waals surface area (Å²) in [4.78, 5) is 14.4. The third-order valence-electron chi connectivity index (χ3n) is 5.20. The van der Waals surface area contributed by atoms with Crippen molar-refractivity contribution >= 4 is 5.91 Å². The number of amides is 1. The van der Waals surface area contributed by atoms with E-state index in [9.17, 15) is 4.79 Å². The van der Waals surface area contributed by atoms with Crippen LogP contribution in [-0.2, 0) is 4.79 Å². The molecule has 96 valence electrons. The van der Waals surface area contributed by atoms with Crippen LogP contribution in [0.3, 0.4) is 0 Å². The van der Waals surface area contributed by atoms with Crippen LogP contribution >= 0.6 is 0 Å². The van der Waals surface area contributed by atoms with Crippen molar-refractivity contribution in [3.8, 4) is 0 Å². The zero-order valence-corrected chi connectivity index (χ0v) is 10.8. The van der Waals surface area contributed by atoms with Crippen LogP contribution in [0.5, 0.6) is 0 Å². The summed E-state index contributed by atoms with van der Waals surface area (Å²) in [7, 11) is 1.99. The average molecular weight is 236 g/mol. The lowest BCUT2D eigenvalue weighted by Gasteiger charge is -2.44. The predicted octanol–water partition coefficient (Wildman–Crippen LogP) is 1.76. The fourth-order valence-electron chi connectivity index (χ4n) is 3.92. The summed E-state index contributed by atoms with van der Waals surface area (Å²) in [5.74, 6) is 1.90. The van der Waals surface area contributed by atoms with Gasteiger partial charge in [-0.3, -0.25) is 4.79 Å². The molecular formula is C14H24N2O. The number of carbonyl (C=O) groups excluding carboxylic acids is 1. The van der Waals surface area contributed by atoms with E-state index in [0.717, 1.165) is 12.8 Å². The minimum Gasteiger partial charge on any atom is -0.343 e. The van der Waals surface area contributed by atoms with Gasteiger partial charge in [-0.2, -0.15) is 0 Å². The molecule has 3 rings (SSSR count). The Kier molecular flexibility index (Phi) is 2.89. The largest absolute Gasteiger partial charge is 0.343 e. The van der Waals surface area contributed by atoms with Crippen LogP contribution in [0.1, 0.15) is 44.9 Å². The van der Waals surface area contributed by atoms with Crippen molar-refractivity contribution in [1.82, 2.24) is 4.90 Å². The zero-order chi connectivity index (χ0) is 12.0. The van der Waals surface area contributed by atoms with E-state index >= 15 is 0 Å². The Hall–Kier alpha value is -0.570. The molecule has 3 nitrogen and oxygen atoms in total. The normalized spacial score (nSPS) is 41.1. The number of nitrogens with zero attached hydrogens (tertiary/aromatic N) is 1. The molecule has 0 aromatic carbocycles. The molecule has 0 aliphatic heterocycles. The number of rotatable bonds is 2. The molecule has 3 saturated carbocycles. The van der Waals surface area contributed by atoms with E-state index in [2.05, 4.69) is 0 Å². The Morgan fingerprint density at radius 3 is 2.24 bits per heavy atom. The van der Waals surface area contributed by atoms with E-state index in [1.165, 1.54) is 32.1 Å². The number of nitrogens with two attached hydrogens (primary N) is 1. The lowest BCUT2D eigenvalue weighted by molar-refractivity contribution is -0.137. The van der Waals surface area contributed by atoms with Crippen LogP contribution in [-0.4, -0.2) is 29.9 Å². The van der Waals surface area contributed by atoms with Crippen molar-refractivity contribution in [1.29, 1.82) is 0 Å². The maximum Gasteiger partial charge on any atom is 0.225 e. The topological polar surface area (TPSA) is 46.3 Å². The molecule has 17 heavy (non-hydrogen) atoms. The van der Waals surface area contributed by atoms with E-state index in [1.807, 2.05) is 11.9 Å². The highest BCUT2D eigenvalue weighted by molar-refractivity contribution is 5.79. The van der Waals surface area contributed by atoms with Crippen molar-refractivity contribution < 1.29 is 4.79 Å². The van der Waals surface area contributed by atoms with Crippen LogP contribution in [0.15, 0.2) is 0 Å². The summed E-state index contributed by atoms with van der Waals surface area (Å²) < 4.78 is 0. The lowest BCUT2D eigenvalue weighted by Crippen LogP contribution is -2.49. The van der Waals surface area contributed by atoms with Gasteiger partial charge < -0.3 is 10.6 Å². The van der Waals surface area contributed by atoms with Crippen LogP contribution in [0.4, 0.5) is 0 Å². The van der Waals surface area contributed by atoms with Gasteiger partial charge in [-0.1, -0.05) is 6.42 Å². The third-order valence-corrected chi connectivity index (χ3v) is 5.20. The highest BCUT2D eigenvalue weighted by Crippen LogP contribution is 2.43. The average Bonchev–Trinajstić information content (AvgIpc) is 3.10. The molecule has 0 heterocycles. The second-order valence-electron chi connectivity index (χ2n) is 6.38. The van der Waals surface area contributed by atoms with Crippen molar-refractivity contribution in [3.63, 3.8) is 0 Å². The molecule has 3 aliphatic rings. The van der Waals surface area contributed by atoms with Crippen LogP contribution in [0.25, 0.3) is 0 Å². The molecule has 0 saturated heterocycles. The minimum absolute atomic E-state index is 0.274. The molecule has 2 bridgehead atoms. The van der Waals surface area contributed by atoms with Gasteiger partial charge in [0.2, 0.25) is 5.91 Å². The fraction of sp³-hybridized carbons (Fsp3) is 0.929. The van der Waals surface area contributed by atoms with Gasteiger partial charge in [0.1, 0.15) is 0 Å². The number of hydrogen-bond acceptors (Lipinski definition) is 2. The Morgan fingerprint density at radius 1 is 1.12 bits per heavy atom. The second kappa shape index (κ2) is 4.27. The summed E-state index contributed by atoms with van der Waals surface area (Å²) in [6.45, 7) is 0. The lowest BCUT2D eigenvalue weighted by atomic mass is 9.65. The molecule has 2 atom stereocenters. The van der Waals surface area contributed by atoms with Crippen LogP contribution in [0.2, 0.25) is 0 Å². The minimum atomic E-state index is 0.274. The smallest absolute Gasteiger partial charge is 0.225 e. The summed E-state index contributed by atoms with van der Waals surface area (Å²) >= 11 is 0. The molecule has 2 N–H and O–H groups in total. The zero-order valence-electron chi connectivity index (χ0n) is 10.8. The molecule has 0 aromatic rings. The van der Waals surface area contributed by atoms with E-state index in [-0.39, 0.29) is 5.92 Å². The van der Waals surface area contributed by atoms with Crippen LogP contribution < -0.4 is 5.73 Å². The van der Waals surface area contributed by atoms with Crippen LogP contribution in [0, 0.1) is 17.8 Å².